The van der Waals surface area contributed by atoms with Crippen LogP contribution in [0.5, 0.6) is 0 Å². The molecular formula is C19H19ClN8O2. The quantitative estimate of drug-likeness (QED) is 0.538. The molecule has 1 aliphatic heterocycles. The van der Waals surface area contributed by atoms with Crippen LogP contribution in [-0.4, -0.2) is 44.9 Å². The van der Waals surface area contributed by atoms with Crippen LogP contribution in [0.25, 0.3) is 22.3 Å². The van der Waals surface area contributed by atoms with Gasteiger partial charge in [0.05, 0.1) is 21.8 Å². The van der Waals surface area contributed by atoms with E-state index in [-0.39, 0.29) is 5.69 Å². The molecule has 10 nitrogen and oxygen atoms in total. The number of hydrogen-bond acceptors (Lipinski definition) is 8. The highest BCUT2D eigenvalue weighted by molar-refractivity contribution is 6.36. The number of primary amides is 1. The summed E-state index contributed by atoms with van der Waals surface area (Å²) in [5.41, 5.74) is 12.5. The molecule has 0 bridgehead atoms. The molecular weight excluding hydrogens is 408 g/mol. The first kappa shape index (κ1) is 19.7. The number of rotatable bonds is 3. The van der Waals surface area contributed by atoms with Gasteiger partial charge in [-0.2, -0.15) is 15.3 Å². The Morgan fingerprint density at radius 2 is 2.10 bits per heavy atom. The van der Waals surface area contributed by atoms with Crippen LogP contribution < -0.4 is 16.4 Å². The number of benzene rings is 1. The molecule has 0 atom stereocenters. The van der Waals surface area contributed by atoms with Crippen LogP contribution in [0.2, 0.25) is 5.02 Å². The summed E-state index contributed by atoms with van der Waals surface area (Å²) < 4.78 is 5.23. The van der Waals surface area contributed by atoms with Gasteiger partial charge in [-0.3, -0.25) is 5.10 Å². The predicted molar refractivity (Wildman–Crippen MR) is 112 cm³/mol. The Hall–Kier alpha value is -3.58. The van der Waals surface area contributed by atoms with Crippen molar-refractivity contribution in [3.8, 4) is 17.3 Å². The minimum atomic E-state index is -0.792. The molecule has 2 aromatic heterocycles. The van der Waals surface area contributed by atoms with E-state index in [0.29, 0.717) is 64.9 Å². The number of carbonyl (C=O) groups is 1. The van der Waals surface area contributed by atoms with Gasteiger partial charge in [-0.15, -0.1) is 0 Å². The second-order valence-corrected chi connectivity index (χ2v) is 7.73. The normalized spacial score (nSPS) is 15.7. The van der Waals surface area contributed by atoms with E-state index >= 15 is 0 Å². The topological polar surface area (TPSA) is 160 Å². The number of aromatic nitrogens is 4. The Balaban J connectivity index is 1.70. The fourth-order valence-corrected chi connectivity index (χ4v) is 3.82. The van der Waals surface area contributed by atoms with Crippen LogP contribution in [0.4, 0.5) is 16.4 Å². The van der Waals surface area contributed by atoms with Crippen molar-refractivity contribution in [2.75, 3.05) is 23.7 Å². The Kier molecular flexibility index (Phi) is 4.83. The van der Waals surface area contributed by atoms with Crippen molar-refractivity contribution in [1.82, 2.24) is 20.2 Å². The summed E-state index contributed by atoms with van der Waals surface area (Å²) in [5, 5.41) is 17.7. The second-order valence-electron chi connectivity index (χ2n) is 7.35. The van der Waals surface area contributed by atoms with Gasteiger partial charge in [0.1, 0.15) is 11.7 Å². The van der Waals surface area contributed by atoms with E-state index < -0.39 is 11.7 Å². The molecule has 3 aromatic rings. The zero-order valence-corrected chi connectivity index (χ0v) is 16.9. The summed E-state index contributed by atoms with van der Waals surface area (Å²) in [5.74, 6) is 0.386. The van der Waals surface area contributed by atoms with Gasteiger partial charge in [-0.25, -0.2) is 9.78 Å². The fourth-order valence-electron chi connectivity index (χ4n) is 3.60. The monoisotopic (exact) mass is 426 g/mol. The number of aromatic amines is 1. The van der Waals surface area contributed by atoms with Gasteiger partial charge in [-0.05, 0) is 13.0 Å². The van der Waals surface area contributed by atoms with Crippen molar-refractivity contribution in [3.05, 3.63) is 28.9 Å². The van der Waals surface area contributed by atoms with Gasteiger partial charge in [0, 0.05) is 31.5 Å². The van der Waals surface area contributed by atoms with Crippen LogP contribution in [0.3, 0.4) is 0 Å². The molecule has 1 saturated heterocycles. The maximum Gasteiger partial charge on any atom is 0.405 e. The number of fused-ring (bicyclic) bond motifs is 1. The lowest BCUT2D eigenvalue weighted by Gasteiger charge is -2.38. The number of ether oxygens (including phenoxy) is 1. The molecule has 154 valence electrons. The minimum Gasteiger partial charge on any atom is -0.443 e. The lowest BCUT2D eigenvalue weighted by Crippen LogP contribution is -2.46. The smallest absolute Gasteiger partial charge is 0.405 e. The highest BCUT2D eigenvalue weighted by atomic mass is 35.5. The zero-order valence-electron chi connectivity index (χ0n) is 16.1. The lowest BCUT2D eigenvalue weighted by atomic mass is 9.93. The number of nitriles is 1. The van der Waals surface area contributed by atoms with Gasteiger partial charge in [0.15, 0.2) is 11.3 Å². The molecule has 0 unspecified atom stereocenters. The highest BCUT2D eigenvalue weighted by Gasteiger charge is 2.34. The number of anilines is 2. The molecule has 0 spiro atoms. The SMILES string of the molecule is CC1(OC(N)=O)CCN(c2nc(C#N)c3c(-c4cccc(N)c4Cl)[nH]nc3n2)CC1. The molecule has 0 aliphatic carbocycles. The minimum absolute atomic E-state index is 0.180. The van der Waals surface area contributed by atoms with E-state index in [4.69, 9.17) is 27.8 Å². The predicted octanol–water partition coefficient (Wildman–Crippen LogP) is 2.58. The molecule has 0 saturated carbocycles. The lowest BCUT2D eigenvalue weighted by molar-refractivity contribution is 0.0125. The van der Waals surface area contributed by atoms with Crippen LogP contribution in [0.15, 0.2) is 18.2 Å². The molecule has 1 amide bonds. The van der Waals surface area contributed by atoms with Crippen LogP contribution >= 0.6 is 11.6 Å². The van der Waals surface area contributed by atoms with E-state index in [0.717, 1.165) is 0 Å². The summed E-state index contributed by atoms with van der Waals surface area (Å²) >= 11 is 6.35. The molecule has 30 heavy (non-hydrogen) atoms. The first-order chi connectivity index (χ1) is 14.3. The Morgan fingerprint density at radius 1 is 1.37 bits per heavy atom. The maximum atomic E-state index is 11.1. The number of halogens is 1. The number of nitrogens with zero attached hydrogens (tertiary/aromatic N) is 5. The Labute approximate surface area is 176 Å². The fraction of sp³-hybridized carbons (Fsp3) is 0.316. The van der Waals surface area contributed by atoms with Crippen LogP contribution in [-0.2, 0) is 4.74 Å². The average Bonchev–Trinajstić information content (AvgIpc) is 3.13. The van der Waals surface area contributed by atoms with Crippen molar-refractivity contribution in [3.63, 3.8) is 0 Å². The molecule has 0 radical (unpaired) electrons. The average molecular weight is 427 g/mol. The van der Waals surface area contributed by atoms with E-state index in [1.807, 2.05) is 11.8 Å². The van der Waals surface area contributed by atoms with Gasteiger partial charge < -0.3 is 21.1 Å². The third-order valence-electron chi connectivity index (χ3n) is 5.26. The van der Waals surface area contributed by atoms with E-state index in [1.165, 1.54) is 0 Å². The Bertz CT molecular complexity index is 1180. The molecule has 1 aromatic carbocycles. The summed E-state index contributed by atoms with van der Waals surface area (Å²) in [4.78, 5) is 22.0. The number of carbonyl (C=O) groups excluding carboxylic acids is 1. The van der Waals surface area contributed by atoms with E-state index in [9.17, 15) is 10.1 Å². The highest BCUT2D eigenvalue weighted by Crippen LogP contribution is 2.36. The molecule has 4 rings (SSSR count). The van der Waals surface area contributed by atoms with E-state index in [1.54, 1.807) is 18.2 Å². The largest absolute Gasteiger partial charge is 0.443 e. The zero-order chi connectivity index (χ0) is 21.5. The molecule has 3 heterocycles. The number of nitrogen functional groups attached to an aromatic ring is 1. The van der Waals surface area contributed by atoms with Crippen molar-refractivity contribution in [1.29, 1.82) is 5.26 Å². The summed E-state index contributed by atoms with van der Waals surface area (Å²) in [6.45, 7) is 2.92. The number of amides is 1. The van der Waals surface area contributed by atoms with Gasteiger partial charge in [0.2, 0.25) is 5.95 Å². The van der Waals surface area contributed by atoms with Gasteiger partial charge >= 0.3 is 6.09 Å². The number of piperidine rings is 1. The molecule has 1 aliphatic rings. The summed E-state index contributed by atoms with van der Waals surface area (Å²) in [7, 11) is 0. The third-order valence-corrected chi connectivity index (χ3v) is 5.68. The van der Waals surface area contributed by atoms with Gasteiger partial charge in [0.25, 0.3) is 0 Å². The number of nitrogens with two attached hydrogens (primary N) is 2. The molecule has 1 fully saturated rings. The van der Waals surface area contributed by atoms with E-state index in [2.05, 4.69) is 26.2 Å². The van der Waals surface area contributed by atoms with Crippen LogP contribution in [0, 0.1) is 11.3 Å². The number of hydrogen-bond donors (Lipinski definition) is 3. The first-order valence-electron chi connectivity index (χ1n) is 9.25. The number of H-pyrrole nitrogens is 1. The molecule has 11 heteroatoms. The third kappa shape index (κ3) is 3.44. The molecule has 5 N–H and O–H groups in total. The maximum absolute atomic E-state index is 11.1. The summed E-state index contributed by atoms with van der Waals surface area (Å²) in [6.07, 6.45) is 0.327. The number of nitrogens with one attached hydrogen (secondary N) is 1. The van der Waals surface area contributed by atoms with Gasteiger partial charge in [-0.1, -0.05) is 23.7 Å². The van der Waals surface area contributed by atoms with Crippen molar-refractivity contribution < 1.29 is 9.53 Å². The second kappa shape index (κ2) is 7.35. The van der Waals surface area contributed by atoms with Crippen molar-refractivity contribution in [2.24, 2.45) is 5.73 Å². The first-order valence-corrected chi connectivity index (χ1v) is 9.63. The Morgan fingerprint density at radius 3 is 2.77 bits per heavy atom. The van der Waals surface area contributed by atoms with Crippen molar-refractivity contribution in [2.45, 2.75) is 25.4 Å². The van der Waals surface area contributed by atoms with Crippen LogP contribution in [0.1, 0.15) is 25.5 Å². The standard InChI is InChI=1S/C19H19ClN8O2/c1-19(30-17(23)29)5-7-28(8-6-19)18-24-12(9-21)13-15(26-27-16(13)25-18)10-3-2-4-11(22)14(10)20/h2-4H,5-8,22H2,1H3,(H2,23,29)(H,24,25,26,27). The van der Waals surface area contributed by atoms with Crippen molar-refractivity contribution >= 4 is 40.4 Å². The summed E-state index contributed by atoms with van der Waals surface area (Å²) in [6, 6.07) is 7.36.